The molecule has 1 saturated carbocycles. The van der Waals surface area contributed by atoms with Crippen molar-refractivity contribution in [3.8, 4) is 0 Å². The van der Waals surface area contributed by atoms with Crippen LogP contribution in [0.3, 0.4) is 0 Å². The van der Waals surface area contributed by atoms with E-state index in [9.17, 15) is 9.90 Å². The molecule has 1 aromatic rings. The lowest BCUT2D eigenvalue weighted by molar-refractivity contribution is -0.190. The van der Waals surface area contributed by atoms with Gasteiger partial charge in [-0.15, -0.1) is 0 Å². The van der Waals surface area contributed by atoms with Gasteiger partial charge in [-0.05, 0) is 68.4 Å². The average Bonchev–Trinajstić information content (AvgIpc) is 3.15. The Morgan fingerprint density at radius 1 is 1.00 bits per heavy atom. The number of nitrogens with one attached hydrogen (secondary N) is 1. The highest BCUT2D eigenvalue weighted by atomic mass is 16.7. The predicted molar refractivity (Wildman–Crippen MR) is 98.1 cm³/mol. The van der Waals surface area contributed by atoms with Gasteiger partial charge in [0.1, 0.15) is 0 Å². The van der Waals surface area contributed by atoms with Crippen LogP contribution in [-0.4, -0.2) is 41.7 Å². The topological polar surface area (TPSA) is 67.8 Å². The van der Waals surface area contributed by atoms with Crippen LogP contribution in [-0.2, 0) is 14.3 Å². The summed E-state index contributed by atoms with van der Waals surface area (Å²) in [6.07, 6.45) is 2.05. The molecule has 2 saturated heterocycles. The van der Waals surface area contributed by atoms with Gasteiger partial charge in [0.25, 0.3) is 0 Å². The fourth-order valence-electron chi connectivity index (χ4n) is 5.21. The molecule has 0 aromatic heterocycles. The van der Waals surface area contributed by atoms with E-state index in [0.717, 1.165) is 16.7 Å². The van der Waals surface area contributed by atoms with Crippen LogP contribution < -0.4 is 5.32 Å². The summed E-state index contributed by atoms with van der Waals surface area (Å²) in [5.74, 6) is -1.06. The summed E-state index contributed by atoms with van der Waals surface area (Å²) in [6, 6.07) is 2.12. The summed E-state index contributed by atoms with van der Waals surface area (Å²) >= 11 is 0. The molecule has 2 heterocycles. The third-order valence-corrected chi connectivity index (χ3v) is 6.98. The van der Waals surface area contributed by atoms with E-state index < -0.39 is 23.3 Å². The maximum absolute atomic E-state index is 12.9. The Balaban J connectivity index is 1.65. The van der Waals surface area contributed by atoms with Crippen LogP contribution in [0, 0.1) is 27.7 Å². The third kappa shape index (κ3) is 2.52. The number of carbonyl (C=O) groups is 1. The number of amides is 1. The molecule has 3 fully saturated rings. The molecule has 0 radical (unpaired) electrons. The van der Waals surface area contributed by atoms with E-state index in [2.05, 4.69) is 32.2 Å². The lowest BCUT2D eigenvalue weighted by Crippen LogP contribution is -2.55. The molecule has 3 aliphatic rings. The molecule has 4 rings (SSSR count). The smallest absolute Gasteiger partial charge is 0.230 e. The van der Waals surface area contributed by atoms with Gasteiger partial charge < -0.3 is 19.9 Å². The van der Waals surface area contributed by atoms with Gasteiger partial charge >= 0.3 is 0 Å². The molecule has 0 bridgehead atoms. The van der Waals surface area contributed by atoms with Crippen LogP contribution in [0.1, 0.15) is 59.4 Å². The molecule has 2 N–H and O–H groups in total. The van der Waals surface area contributed by atoms with Gasteiger partial charge in [0.15, 0.2) is 5.79 Å². The number of hydrogen-bond acceptors (Lipinski definition) is 4. The number of aliphatic hydroxyl groups excluding tert-OH is 1. The zero-order chi connectivity index (χ0) is 18.7. The first kappa shape index (κ1) is 18.0. The number of hydrogen-bond donors (Lipinski definition) is 2. The Bertz CT molecular complexity index is 741. The second-order valence-electron chi connectivity index (χ2n) is 8.35. The highest BCUT2D eigenvalue weighted by Gasteiger charge is 2.57. The fraction of sp³-hybridized carbons (Fsp3) is 0.667. The number of rotatable bonds is 1. The summed E-state index contributed by atoms with van der Waals surface area (Å²) in [7, 11) is 0. The molecule has 5 nitrogen and oxygen atoms in total. The average molecular weight is 359 g/mol. The predicted octanol–water partition coefficient (Wildman–Crippen LogP) is 2.55. The molecule has 2 atom stereocenters. The molecule has 1 aromatic carbocycles. The van der Waals surface area contributed by atoms with Crippen LogP contribution >= 0.6 is 0 Å². The summed E-state index contributed by atoms with van der Waals surface area (Å²) in [4.78, 5) is 12.9. The molecule has 26 heavy (non-hydrogen) atoms. The van der Waals surface area contributed by atoms with Crippen molar-refractivity contribution in [1.82, 2.24) is 5.32 Å². The summed E-state index contributed by atoms with van der Waals surface area (Å²) in [5, 5.41) is 14.4. The maximum atomic E-state index is 12.9. The van der Waals surface area contributed by atoms with Crippen molar-refractivity contribution in [3.05, 3.63) is 33.9 Å². The van der Waals surface area contributed by atoms with Gasteiger partial charge in [0.05, 0.1) is 30.8 Å². The SMILES string of the molecule is Cc1cc(C)c(C2C(=O)NC3(CCC4(CC3)OCCO4)C2O)c(C)c1C. The van der Waals surface area contributed by atoms with Crippen molar-refractivity contribution < 1.29 is 19.4 Å². The zero-order valence-electron chi connectivity index (χ0n) is 16.1. The van der Waals surface area contributed by atoms with Crippen molar-refractivity contribution in [2.45, 2.75) is 76.7 Å². The van der Waals surface area contributed by atoms with E-state index in [4.69, 9.17) is 9.47 Å². The minimum absolute atomic E-state index is 0.0591. The highest BCUT2D eigenvalue weighted by Crippen LogP contribution is 2.48. The number of ether oxygens (including phenoxy) is 2. The molecule has 142 valence electrons. The Morgan fingerprint density at radius 3 is 2.23 bits per heavy atom. The van der Waals surface area contributed by atoms with E-state index in [1.807, 2.05) is 6.92 Å². The van der Waals surface area contributed by atoms with Gasteiger partial charge in [-0.1, -0.05) is 6.07 Å². The van der Waals surface area contributed by atoms with Crippen molar-refractivity contribution >= 4 is 5.91 Å². The first-order valence-corrected chi connectivity index (χ1v) is 9.64. The van der Waals surface area contributed by atoms with Crippen molar-refractivity contribution in [3.63, 3.8) is 0 Å². The molecule has 1 aliphatic carbocycles. The van der Waals surface area contributed by atoms with E-state index >= 15 is 0 Å². The molecular weight excluding hydrogens is 330 g/mol. The lowest BCUT2D eigenvalue weighted by Gasteiger charge is -2.43. The van der Waals surface area contributed by atoms with Gasteiger partial charge in [-0.2, -0.15) is 0 Å². The molecule has 1 amide bonds. The van der Waals surface area contributed by atoms with Gasteiger partial charge in [0, 0.05) is 12.8 Å². The minimum Gasteiger partial charge on any atom is -0.389 e. The Labute approximate surface area is 155 Å². The second kappa shape index (κ2) is 6.04. The van der Waals surface area contributed by atoms with Gasteiger partial charge in [-0.25, -0.2) is 0 Å². The minimum atomic E-state index is -0.728. The van der Waals surface area contributed by atoms with E-state index in [1.54, 1.807) is 0 Å². The number of aliphatic hydroxyl groups is 1. The molecule has 2 unspecified atom stereocenters. The molecule has 2 aliphatic heterocycles. The van der Waals surface area contributed by atoms with Crippen LogP contribution in [0.25, 0.3) is 0 Å². The number of aryl methyl sites for hydroxylation is 2. The first-order valence-electron chi connectivity index (χ1n) is 9.64. The van der Waals surface area contributed by atoms with E-state index in [1.165, 1.54) is 11.1 Å². The molecule has 5 heteroatoms. The van der Waals surface area contributed by atoms with E-state index in [-0.39, 0.29) is 5.91 Å². The maximum Gasteiger partial charge on any atom is 0.230 e. The van der Waals surface area contributed by atoms with E-state index in [0.29, 0.717) is 38.9 Å². The molecule has 2 spiro atoms. The van der Waals surface area contributed by atoms with Crippen LogP contribution in [0.4, 0.5) is 0 Å². The largest absolute Gasteiger partial charge is 0.389 e. The highest BCUT2D eigenvalue weighted by molar-refractivity contribution is 5.89. The second-order valence-corrected chi connectivity index (χ2v) is 8.35. The van der Waals surface area contributed by atoms with Crippen LogP contribution in [0.2, 0.25) is 0 Å². The summed E-state index contributed by atoms with van der Waals surface area (Å²) < 4.78 is 11.6. The summed E-state index contributed by atoms with van der Waals surface area (Å²) in [5.41, 5.74) is 5.04. The zero-order valence-corrected chi connectivity index (χ0v) is 16.1. The first-order chi connectivity index (χ1) is 12.3. The van der Waals surface area contributed by atoms with Crippen molar-refractivity contribution in [2.24, 2.45) is 0 Å². The van der Waals surface area contributed by atoms with Crippen LogP contribution in [0.15, 0.2) is 6.07 Å². The quantitative estimate of drug-likeness (QED) is 0.809. The van der Waals surface area contributed by atoms with Crippen LogP contribution in [0.5, 0.6) is 0 Å². The monoisotopic (exact) mass is 359 g/mol. The molecular formula is C21H29NO4. The Kier molecular flexibility index (Phi) is 4.17. The standard InChI is InChI=1S/C21H29NO4/c1-12-11-13(2)16(15(4)14(12)3)17-18(23)20(22-19(17)24)5-7-21(8-6-20)25-9-10-26-21/h11,17-18,23H,5-10H2,1-4H3,(H,22,24). The lowest BCUT2D eigenvalue weighted by atomic mass is 9.72. The van der Waals surface area contributed by atoms with Crippen molar-refractivity contribution in [1.29, 1.82) is 0 Å². The normalized spacial score (nSPS) is 29.5. The fourth-order valence-corrected chi connectivity index (χ4v) is 5.21. The Hall–Kier alpha value is -1.43. The van der Waals surface area contributed by atoms with Gasteiger partial charge in [-0.3, -0.25) is 4.79 Å². The van der Waals surface area contributed by atoms with Crippen molar-refractivity contribution in [2.75, 3.05) is 13.2 Å². The number of carbonyl (C=O) groups excluding carboxylic acids is 1. The number of benzene rings is 1. The Morgan fingerprint density at radius 2 is 1.62 bits per heavy atom. The third-order valence-electron chi connectivity index (χ3n) is 6.98. The summed E-state index contributed by atoms with van der Waals surface area (Å²) in [6.45, 7) is 9.54. The van der Waals surface area contributed by atoms with Gasteiger partial charge in [0.2, 0.25) is 5.91 Å².